The second-order valence-electron chi connectivity index (χ2n) is 8.84. The molecule has 7 heteroatoms. The van der Waals surface area contributed by atoms with Gasteiger partial charge in [-0.05, 0) is 43.8 Å². The Morgan fingerprint density at radius 2 is 2.10 bits per heavy atom. The zero-order valence-electron chi connectivity index (χ0n) is 18.0. The monoisotopic (exact) mass is 486 g/mol. The molecule has 31 heavy (non-hydrogen) atoms. The Labute approximate surface area is 191 Å². The Morgan fingerprint density at radius 3 is 2.84 bits per heavy atom. The van der Waals surface area contributed by atoms with Crippen LogP contribution >= 0.6 is 15.9 Å². The zero-order chi connectivity index (χ0) is 21.8. The fourth-order valence-electron chi connectivity index (χ4n) is 5.69. The van der Waals surface area contributed by atoms with Crippen molar-refractivity contribution in [3.63, 3.8) is 0 Å². The Bertz CT molecular complexity index is 1010. The average molecular weight is 487 g/mol. The van der Waals surface area contributed by atoms with E-state index in [1.165, 1.54) is 11.1 Å². The molecule has 2 aromatic carbocycles. The molecule has 0 aromatic heterocycles. The highest BCUT2D eigenvalue weighted by molar-refractivity contribution is 9.10. The van der Waals surface area contributed by atoms with Gasteiger partial charge in [0.05, 0.1) is 7.11 Å². The van der Waals surface area contributed by atoms with Crippen LogP contribution in [0.15, 0.2) is 40.9 Å². The number of amides is 1. The molecule has 3 aliphatic rings. The van der Waals surface area contributed by atoms with Gasteiger partial charge in [-0.2, -0.15) is 0 Å². The average Bonchev–Trinajstić information content (AvgIpc) is 3.13. The standard InChI is InChI=1S/C24H27BrN2O4/c1-14-18(30-23(28)26-15-7-5-4-6-8-15)12-20-24(14)9-10-27(2)13-16-17(25)11-19(29-3)22(31-20)21(16)24/h4-8,11,14,18,20H,9-10,12-13H2,1-3H3,(H,26,28)/t14?,18-,20+,24-/m1/s1. The molecule has 6 nitrogen and oxygen atoms in total. The number of hydrogen-bond acceptors (Lipinski definition) is 5. The first-order chi connectivity index (χ1) is 14.9. The molecule has 0 radical (unpaired) electrons. The molecule has 1 unspecified atom stereocenters. The molecular weight excluding hydrogens is 460 g/mol. The third-order valence-corrected chi connectivity index (χ3v) is 7.96. The maximum atomic E-state index is 12.6. The third-order valence-electron chi connectivity index (χ3n) is 7.25. The smallest absolute Gasteiger partial charge is 0.411 e. The minimum absolute atomic E-state index is 0.0412. The summed E-state index contributed by atoms with van der Waals surface area (Å²) in [6, 6.07) is 11.4. The summed E-state index contributed by atoms with van der Waals surface area (Å²) >= 11 is 3.77. The summed E-state index contributed by atoms with van der Waals surface area (Å²) in [4.78, 5) is 15.0. The number of para-hydroxylation sites is 1. The lowest BCUT2D eigenvalue weighted by Crippen LogP contribution is -2.40. The number of carbonyl (C=O) groups is 1. The van der Waals surface area contributed by atoms with Gasteiger partial charge in [-0.3, -0.25) is 5.32 Å². The second-order valence-corrected chi connectivity index (χ2v) is 9.69. The number of nitrogens with zero attached hydrogens (tertiary/aromatic N) is 1. The molecular formula is C24H27BrN2O4. The van der Waals surface area contributed by atoms with E-state index >= 15 is 0 Å². The van der Waals surface area contributed by atoms with Gasteiger partial charge in [0.15, 0.2) is 11.5 Å². The summed E-state index contributed by atoms with van der Waals surface area (Å²) in [6.07, 6.45) is 0.942. The Kier molecular flexibility index (Phi) is 5.13. The summed E-state index contributed by atoms with van der Waals surface area (Å²) in [5.74, 6) is 1.74. The molecule has 1 amide bonds. The van der Waals surface area contributed by atoms with E-state index in [9.17, 15) is 4.79 Å². The number of anilines is 1. The van der Waals surface area contributed by atoms with Crippen LogP contribution in [0.4, 0.5) is 10.5 Å². The third kappa shape index (κ3) is 3.21. The molecule has 5 rings (SSSR count). The van der Waals surface area contributed by atoms with Crippen LogP contribution in [0.3, 0.4) is 0 Å². The van der Waals surface area contributed by atoms with Gasteiger partial charge in [-0.15, -0.1) is 0 Å². The SMILES string of the molecule is COc1cc(Br)c2c3c1O[C@H]1C[C@@H](OC(=O)Nc4ccccc4)C(C)[C@@]31CCN(C)C2. The molecule has 1 spiro atoms. The maximum absolute atomic E-state index is 12.6. The Morgan fingerprint density at radius 1 is 1.32 bits per heavy atom. The fraction of sp³-hybridized carbons (Fsp3) is 0.458. The van der Waals surface area contributed by atoms with Crippen LogP contribution in [0, 0.1) is 5.92 Å². The van der Waals surface area contributed by atoms with Crippen molar-refractivity contribution in [3.8, 4) is 11.5 Å². The van der Waals surface area contributed by atoms with Crippen LogP contribution in [-0.2, 0) is 16.7 Å². The highest BCUT2D eigenvalue weighted by Gasteiger charge is 2.63. The lowest BCUT2D eigenvalue weighted by molar-refractivity contribution is 0.0774. The van der Waals surface area contributed by atoms with Crippen LogP contribution in [0.1, 0.15) is 30.9 Å². The lowest BCUT2D eigenvalue weighted by atomic mass is 9.69. The van der Waals surface area contributed by atoms with Crippen molar-refractivity contribution in [2.45, 2.75) is 43.9 Å². The molecule has 0 saturated heterocycles. The number of halogens is 1. The van der Waals surface area contributed by atoms with Gasteiger partial charge in [0.25, 0.3) is 0 Å². The van der Waals surface area contributed by atoms with Crippen molar-refractivity contribution in [2.24, 2.45) is 5.92 Å². The summed E-state index contributed by atoms with van der Waals surface area (Å²) in [5, 5.41) is 2.84. The summed E-state index contributed by atoms with van der Waals surface area (Å²) in [7, 11) is 3.83. The van der Waals surface area contributed by atoms with E-state index in [-0.39, 0.29) is 23.5 Å². The number of rotatable bonds is 3. The largest absolute Gasteiger partial charge is 0.493 e. The molecule has 2 aromatic rings. The Balaban J connectivity index is 1.48. The number of methoxy groups -OCH3 is 1. The highest BCUT2D eigenvalue weighted by Crippen LogP contribution is 2.62. The van der Waals surface area contributed by atoms with E-state index in [1.807, 2.05) is 36.4 Å². The van der Waals surface area contributed by atoms with Crippen LogP contribution in [0.2, 0.25) is 0 Å². The van der Waals surface area contributed by atoms with Gasteiger partial charge < -0.3 is 19.1 Å². The molecule has 0 bridgehead atoms. The predicted octanol–water partition coefficient (Wildman–Crippen LogP) is 4.95. The van der Waals surface area contributed by atoms with Gasteiger partial charge in [0.2, 0.25) is 0 Å². The number of benzene rings is 2. The molecule has 1 N–H and O–H groups in total. The number of hydrogen-bond donors (Lipinski definition) is 1. The van der Waals surface area contributed by atoms with Crippen molar-refractivity contribution in [3.05, 3.63) is 52.0 Å². The topological polar surface area (TPSA) is 60.0 Å². The van der Waals surface area contributed by atoms with Crippen molar-refractivity contribution in [1.82, 2.24) is 4.90 Å². The molecule has 1 fully saturated rings. The maximum Gasteiger partial charge on any atom is 0.411 e. The second kappa shape index (κ2) is 7.71. The van der Waals surface area contributed by atoms with Gasteiger partial charge in [0, 0.05) is 40.0 Å². The van der Waals surface area contributed by atoms with Crippen LogP contribution in [-0.4, -0.2) is 43.9 Å². The minimum atomic E-state index is -0.419. The minimum Gasteiger partial charge on any atom is -0.493 e. The van der Waals surface area contributed by atoms with Crippen molar-refractivity contribution in [2.75, 3.05) is 26.0 Å². The van der Waals surface area contributed by atoms with Crippen molar-refractivity contribution < 1.29 is 19.0 Å². The Hall–Kier alpha value is -2.25. The van der Waals surface area contributed by atoms with Crippen LogP contribution in [0.25, 0.3) is 0 Å². The molecule has 1 aliphatic carbocycles. The van der Waals surface area contributed by atoms with Gasteiger partial charge in [-0.1, -0.05) is 41.1 Å². The van der Waals surface area contributed by atoms with Gasteiger partial charge in [0.1, 0.15) is 12.2 Å². The first-order valence-electron chi connectivity index (χ1n) is 10.7. The number of ether oxygens (including phenoxy) is 3. The van der Waals surface area contributed by atoms with Gasteiger partial charge in [-0.25, -0.2) is 4.79 Å². The quantitative estimate of drug-likeness (QED) is 0.664. The van der Waals surface area contributed by atoms with E-state index in [1.54, 1.807) is 7.11 Å². The summed E-state index contributed by atoms with van der Waals surface area (Å²) < 4.78 is 19.2. The number of nitrogens with one attached hydrogen (secondary N) is 1. The number of carbonyl (C=O) groups excluding carboxylic acids is 1. The van der Waals surface area contributed by atoms with E-state index in [0.29, 0.717) is 6.42 Å². The predicted molar refractivity (Wildman–Crippen MR) is 122 cm³/mol. The summed E-state index contributed by atoms with van der Waals surface area (Å²) in [5.41, 5.74) is 3.00. The van der Waals surface area contributed by atoms with Crippen LogP contribution < -0.4 is 14.8 Å². The van der Waals surface area contributed by atoms with E-state index < -0.39 is 6.09 Å². The van der Waals surface area contributed by atoms with Crippen molar-refractivity contribution in [1.29, 1.82) is 0 Å². The molecule has 164 valence electrons. The first-order valence-corrected chi connectivity index (χ1v) is 11.5. The molecule has 2 heterocycles. The van der Waals surface area contributed by atoms with Crippen molar-refractivity contribution >= 4 is 27.7 Å². The van der Waals surface area contributed by atoms with E-state index in [4.69, 9.17) is 14.2 Å². The van der Waals surface area contributed by atoms with E-state index in [2.05, 4.69) is 40.1 Å². The fourth-order valence-corrected chi connectivity index (χ4v) is 6.22. The summed E-state index contributed by atoms with van der Waals surface area (Å²) in [6.45, 7) is 3.99. The van der Waals surface area contributed by atoms with E-state index in [0.717, 1.165) is 41.2 Å². The first kappa shape index (κ1) is 20.6. The van der Waals surface area contributed by atoms with Crippen LogP contribution in [0.5, 0.6) is 11.5 Å². The zero-order valence-corrected chi connectivity index (χ0v) is 19.6. The highest BCUT2D eigenvalue weighted by atomic mass is 79.9. The molecule has 1 saturated carbocycles. The molecule has 2 aliphatic heterocycles. The molecule has 4 atom stereocenters. The van der Waals surface area contributed by atoms with Gasteiger partial charge >= 0.3 is 6.09 Å². The lowest BCUT2D eigenvalue weighted by Gasteiger charge is -2.34. The normalized spacial score (nSPS) is 28.8.